The van der Waals surface area contributed by atoms with Gasteiger partial charge in [-0.15, -0.1) is 0 Å². The minimum atomic E-state index is -1.77. The Morgan fingerprint density at radius 1 is 1.20 bits per heavy atom. The van der Waals surface area contributed by atoms with Gasteiger partial charge in [0.25, 0.3) is 0 Å². The molecule has 0 radical (unpaired) electrons. The molecule has 0 saturated carbocycles. The molecule has 2 atom stereocenters. The molecule has 0 fully saturated rings. The van der Waals surface area contributed by atoms with E-state index in [4.69, 9.17) is 4.43 Å². The summed E-state index contributed by atoms with van der Waals surface area (Å²) in [5.74, 6) is 0.194. The van der Waals surface area contributed by atoms with Crippen LogP contribution in [0, 0.1) is 5.92 Å². The monoisotopic (exact) mass is 298 g/mol. The van der Waals surface area contributed by atoms with Gasteiger partial charge in [-0.2, -0.15) is 0 Å². The van der Waals surface area contributed by atoms with Gasteiger partial charge >= 0.3 is 0 Å². The maximum Gasteiger partial charge on any atom is 0.192 e. The van der Waals surface area contributed by atoms with Crippen molar-refractivity contribution >= 4 is 8.32 Å². The molecule has 0 rings (SSSR count). The van der Waals surface area contributed by atoms with Crippen LogP contribution in [0.2, 0.25) is 18.1 Å². The Bertz CT molecular complexity index is 313. The van der Waals surface area contributed by atoms with Gasteiger partial charge in [-0.05, 0) is 37.9 Å². The highest BCUT2D eigenvalue weighted by atomic mass is 28.4. The van der Waals surface area contributed by atoms with E-state index in [-0.39, 0.29) is 23.7 Å². The van der Waals surface area contributed by atoms with Crippen LogP contribution in [0.1, 0.15) is 47.5 Å². The first-order chi connectivity index (χ1) is 9.15. The van der Waals surface area contributed by atoms with Gasteiger partial charge < -0.3 is 9.53 Å². The van der Waals surface area contributed by atoms with Crippen molar-refractivity contribution in [3.05, 3.63) is 24.3 Å². The minimum absolute atomic E-state index is 0.149. The second-order valence-electron chi connectivity index (χ2n) is 7.11. The van der Waals surface area contributed by atoms with Gasteiger partial charge in [-0.1, -0.05) is 52.0 Å². The summed E-state index contributed by atoms with van der Waals surface area (Å²) in [6.07, 6.45) is 10.4. The summed E-state index contributed by atoms with van der Waals surface area (Å²) in [7, 11) is -1.77. The summed E-state index contributed by atoms with van der Waals surface area (Å²) in [4.78, 5) is 0. The molecule has 1 N–H and O–H groups in total. The minimum Gasteiger partial charge on any atom is -0.414 e. The van der Waals surface area contributed by atoms with Gasteiger partial charge in [0.2, 0.25) is 0 Å². The molecule has 0 aromatic heterocycles. The van der Waals surface area contributed by atoms with E-state index in [1.807, 2.05) is 19.1 Å². The summed E-state index contributed by atoms with van der Waals surface area (Å²) < 4.78 is 6.49. The molecule has 0 heterocycles. The second kappa shape index (κ2) is 8.80. The van der Waals surface area contributed by atoms with Gasteiger partial charge in [0.05, 0.1) is 6.10 Å². The average Bonchev–Trinajstić information content (AvgIpc) is 2.34. The third-order valence-electron chi connectivity index (χ3n) is 4.23. The van der Waals surface area contributed by atoms with Crippen molar-refractivity contribution < 1.29 is 9.53 Å². The molecule has 0 amide bonds. The summed E-state index contributed by atoms with van der Waals surface area (Å²) in [6, 6.07) is 0. The standard InChI is InChI=1S/C17H34O2Si/c1-8-9-10-11-12-13-16(15(2)14-18)19-20(6,7)17(3,4)5/h8-11,15-16,18H,12-14H2,1-7H3/b9-8+,11-10+/t15-,16+/m1/s1. The normalized spacial score (nSPS) is 17.0. The fourth-order valence-corrected chi connectivity index (χ4v) is 3.14. The van der Waals surface area contributed by atoms with Crippen LogP contribution in [0.3, 0.4) is 0 Å². The highest BCUT2D eigenvalue weighted by molar-refractivity contribution is 6.74. The molecule has 0 aliphatic heterocycles. The number of aliphatic hydroxyl groups is 1. The van der Waals surface area contributed by atoms with E-state index >= 15 is 0 Å². The Hall–Kier alpha value is -0.383. The lowest BCUT2D eigenvalue weighted by Crippen LogP contribution is -2.45. The fourth-order valence-electron chi connectivity index (χ4n) is 1.68. The van der Waals surface area contributed by atoms with Crippen LogP contribution >= 0.6 is 0 Å². The molecule has 118 valence electrons. The van der Waals surface area contributed by atoms with Crippen LogP contribution in [0.15, 0.2) is 24.3 Å². The predicted molar refractivity (Wildman–Crippen MR) is 91.5 cm³/mol. The Morgan fingerprint density at radius 2 is 1.80 bits per heavy atom. The number of hydrogen-bond acceptors (Lipinski definition) is 2. The average molecular weight is 299 g/mol. The molecule has 0 aromatic rings. The van der Waals surface area contributed by atoms with E-state index < -0.39 is 8.32 Å². The molecule has 20 heavy (non-hydrogen) atoms. The van der Waals surface area contributed by atoms with Crippen LogP contribution in [-0.4, -0.2) is 26.1 Å². The quantitative estimate of drug-likeness (QED) is 0.509. The Kier molecular flexibility index (Phi) is 8.64. The molecule has 0 aliphatic carbocycles. The van der Waals surface area contributed by atoms with Gasteiger partial charge in [0.15, 0.2) is 8.32 Å². The van der Waals surface area contributed by atoms with Crippen molar-refractivity contribution in [2.75, 3.05) is 6.61 Å². The summed E-state index contributed by atoms with van der Waals surface area (Å²) >= 11 is 0. The SMILES string of the molecule is C/C=C/C=C/CC[C@H](O[Si](C)(C)C(C)(C)C)[C@H](C)CO. The maximum absolute atomic E-state index is 9.45. The number of rotatable bonds is 8. The van der Waals surface area contributed by atoms with Crippen LogP contribution in [0.5, 0.6) is 0 Å². The summed E-state index contributed by atoms with van der Waals surface area (Å²) in [5.41, 5.74) is 0. The first kappa shape index (κ1) is 19.6. The number of hydrogen-bond donors (Lipinski definition) is 1. The summed E-state index contributed by atoms with van der Waals surface area (Å²) in [5, 5.41) is 9.66. The van der Waals surface area contributed by atoms with Gasteiger partial charge in [0, 0.05) is 12.5 Å². The molecule has 0 aromatic carbocycles. The van der Waals surface area contributed by atoms with E-state index in [1.54, 1.807) is 0 Å². The van der Waals surface area contributed by atoms with Crippen LogP contribution in [-0.2, 0) is 4.43 Å². The molecule has 0 aliphatic rings. The van der Waals surface area contributed by atoms with Gasteiger partial charge in [-0.3, -0.25) is 0 Å². The van der Waals surface area contributed by atoms with E-state index in [0.717, 1.165) is 12.8 Å². The molecular weight excluding hydrogens is 264 g/mol. The molecule has 0 spiro atoms. The van der Waals surface area contributed by atoms with Gasteiger partial charge in [0.1, 0.15) is 0 Å². The van der Waals surface area contributed by atoms with Crippen molar-refractivity contribution in [3.8, 4) is 0 Å². The topological polar surface area (TPSA) is 29.5 Å². The molecular formula is C17H34O2Si. The van der Waals surface area contributed by atoms with E-state index in [1.165, 1.54) is 0 Å². The van der Waals surface area contributed by atoms with E-state index in [9.17, 15) is 5.11 Å². The molecule has 3 heteroatoms. The third kappa shape index (κ3) is 6.87. The van der Waals surface area contributed by atoms with Crippen molar-refractivity contribution in [1.82, 2.24) is 0 Å². The van der Waals surface area contributed by atoms with Crippen molar-refractivity contribution in [2.45, 2.75) is 71.7 Å². The first-order valence-corrected chi connectivity index (χ1v) is 10.6. The highest BCUT2D eigenvalue weighted by Crippen LogP contribution is 2.38. The predicted octanol–water partition coefficient (Wildman–Crippen LogP) is 4.92. The Morgan fingerprint density at radius 3 is 2.25 bits per heavy atom. The zero-order valence-electron chi connectivity index (χ0n) is 14.4. The van der Waals surface area contributed by atoms with E-state index in [2.05, 4.69) is 52.9 Å². The second-order valence-corrected chi connectivity index (χ2v) is 11.9. The van der Waals surface area contributed by atoms with E-state index in [0.29, 0.717) is 0 Å². The lowest BCUT2D eigenvalue weighted by molar-refractivity contribution is 0.0793. The lowest BCUT2D eigenvalue weighted by atomic mass is 10.0. The lowest BCUT2D eigenvalue weighted by Gasteiger charge is -2.40. The van der Waals surface area contributed by atoms with Crippen LogP contribution < -0.4 is 0 Å². The largest absolute Gasteiger partial charge is 0.414 e. The highest BCUT2D eigenvalue weighted by Gasteiger charge is 2.39. The zero-order valence-corrected chi connectivity index (χ0v) is 15.4. The van der Waals surface area contributed by atoms with Crippen LogP contribution in [0.25, 0.3) is 0 Å². The molecule has 0 bridgehead atoms. The Labute approximate surface area is 127 Å². The maximum atomic E-state index is 9.45. The number of allylic oxidation sites excluding steroid dienone is 4. The summed E-state index contributed by atoms with van der Waals surface area (Å²) in [6.45, 7) is 15.6. The van der Waals surface area contributed by atoms with Crippen LogP contribution in [0.4, 0.5) is 0 Å². The van der Waals surface area contributed by atoms with Gasteiger partial charge in [-0.25, -0.2) is 0 Å². The molecule has 2 nitrogen and oxygen atoms in total. The first-order valence-electron chi connectivity index (χ1n) is 7.72. The Balaban J connectivity index is 4.66. The molecule has 0 unspecified atom stereocenters. The molecule has 0 saturated heterocycles. The fraction of sp³-hybridized carbons (Fsp3) is 0.765. The third-order valence-corrected chi connectivity index (χ3v) is 8.74. The van der Waals surface area contributed by atoms with Crippen molar-refractivity contribution in [3.63, 3.8) is 0 Å². The van der Waals surface area contributed by atoms with Crippen molar-refractivity contribution in [1.29, 1.82) is 0 Å². The smallest absolute Gasteiger partial charge is 0.192 e. The number of aliphatic hydroxyl groups excluding tert-OH is 1. The van der Waals surface area contributed by atoms with Crippen molar-refractivity contribution in [2.24, 2.45) is 5.92 Å². The zero-order chi connectivity index (χ0) is 15.8.